The third-order valence-corrected chi connectivity index (χ3v) is 4.63. The summed E-state index contributed by atoms with van der Waals surface area (Å²) in [6.07, 6.45) is 2.65. The average Bonchev–Trinajstić information content (AvgIpc) is 3.03. The molecule has 0 amide bonds. The highest BCUT2D eigenvalue weighted by Crippen LogP contribution is 2.25. The standard InChI is InChI=1S/C16H18N2O6S/c1-11-8-13(18-24-11)10-23-16(19)7-5-12-4-6-14(22-3)15(9-12)25(20,21)17-2/h4-9,17H,10H2,1-3H3/b7-5+. The lowest BCUT2D eigenvalue weighted by atomic mass is 10.2. The first kappa shape index (κ1) is 18.7. The second-order valence-corrected chi connectivity index (χ2v) is 6.84. The number of nitrogens with one attached hydrogen (secondary N) is 1. The van der Waals surface area contributed by atoms with Crippen molar-refractivity contribution in [3.05, 3.63) is 47.4 Å². The molecule has 0 atom stereocenters. The van der Waals surface area contributed by atoms with E-state index in [1.807, 2.05) is 0 Å². The molecule has 2 aromatic rings. The molecule has 1 heterocycles. The van der Waals surface area contributed by atoms with Crippen molar-refractivity contribution in [1.82, 2.24) is 9.88 Å². The Hall–Kier alpha value is -2.65. The molecule has 0 aliphatic rings. The molecule has 0 bridgehead atoms. The summed E-state index contributed by atoms with van der Waals surface area (Å²) in [5, 5.41) is 3.71. The van der Waals surface area contributed by atoms with E-state index in [1.54, 1.807) is 19.1 Å². The van der Waals surface area contributed by atoms with Crippen molar-refractivity contribution < 1.29 is 27.2 Å². The maximum atomic E-state index is 12.0. The molecule has 0 spiro atoms. The number of aryl methyl sites for hydroxylation is 1. The lowest BCUT2D eigenvalue weighted by Gasteiger charge is -2.09. The minimum absolute atomic E-state index is 0.0114. The van der Waals surface area contributed by atoms with E-state index in [0.29, 0.717) is 17.0 Å². The topological polar surface area (TPSA) is 108 Å². The molecular formula is C16H18N2O6S. The van der Waals surface area contributed by atoms with Gasteiger partial charge in [-0.25, -0.2) is 17.9 Å². The van der Waals surface area contributed by atoms with E-state index in [2.05, 4.69) is 9.88 Å². The van der Waals surface area contributed by atoms with E-state index in [1.165, 1.54) is 38.4 Å². The van der Waals surface area contributed by atoms with Gasteiger partial charge in [-0.2, -0.15) is 0 Å². The van der Waals surface area contributed by atoms with Crippen molar-refractivity contribution in [2.75, 3.05) is 14.2 Å². The average molecular weight is 366 g/mol. The highest BCUT2D eigenvalue weighted by Gasteiger charge is 2.17. The molecule has 2 rings (SSSR count). The molecular weight excluding hydrogens is 348 g/mol. The van der Waals surface area contributed by atoms with E-state index in [-0.39, 0.29) is 17.3 Å². The Morgan fingerprint density at radius 1 is 1.36 bits per heavy atom. The SMILES string of the molecule is CNS(=O)(=O)c1cc(/C=C/C(=O)OCc2cc(C)on2)ccc1OC. The summed E-state index contributed by atoms with van der Waals surface area (Å²) >= 11 is 0. The van der Waals surface area contributed by atoms with Crippen LogP contribution in [-0.2, 0) is 26.2 Å². The Labute approximate surface area is 145 Å². The molecule has 0 radical (unpaired) electrons. The predicted molar refractivity (Wildman–Crippen MR) is 89.3 cm³/mol. The van der Waals surface area contributed by atoms with E-state index in [4.69, 9.17) is 14.0 Å². The summed E-state index contributed by atoms with van der Waals surface area (Å²) in [5.74, 6) is 0.239. The summed E-state index contributed by atoms with van der Waals surface area (Å²) in [7, 11) is -1.01. The molecule has 9 heteroatoms. The largest absolute Gasteiger partial charge is 0.495 e. The molecule has 25 heavy (non-hydrogen) atoms. The fraction of sp³-hybridized carbons (Fsp3) is 0.250. The number of benzene rings is 1. The van der Waals surface area contributed by atoms with E-state index >= 15 is 0 Å². The van der Waals surface area contributed by atoms with Crippen molar-refractivity contribution in [3.63, 3.8) is 0 Å². The first-order chi connectivity index (χ1) is 11.9. The summed E-state index contributed by atoms with van der Waals surface area (Å²) in [6.45, 7) is 1.72. The van der Waals surface area contributed by atoms with Gasteiger partial charge in [0.2, 0.25) is 10.0 Å². The number of aromatic nitrogens is 1. The van der Waals surface area contributed by atoms with Crippen molar-refractivity contribution >= 4 is 22.1 Å². The normalized spacial score (nSPS) is 11.6. The van der Waals surface area contributed by atoms with Crippen LogP contribution < -0.4 is 9.46 Å². The quantitative estimate of drug-likeness (QED) is 0.586. The molecule has 0 saturated heterocycles. The maximum Gasteiger partial charge on any atom is 0.331 e. The van der Waals surface area contributed by atoms with Crippen LogP contribution in [0.2, 0.25) is 0 Å². The fourth-order valence-electron chi connectivity index (χ4n) is 1.96. The number of nitrogens with zero attached hydrogens (tertiary/aromatic N) is 1. The fourth-order valence-corrected chi connectivity index (χ4v) is 2.89. The molecule has 0 saturated carbocycles. The van der Waals surface area contributed by atoms with Gasteiger partial charge in [0.15, 0.2) is 0 Å². The summed E-state index contributed by atoms with van der Waals surface area (Å²) < 4.78 is 41.2. The van der Waals surface area contributed by atoms with Gasteiger partial charge in [0, 0.05) is 12.1 Å². The van der Waals surface area contributed by atoms with Gasteiger partial charge < -0.3 is 14.0 Å². The third-order valence-electron chi connectivity index (χ3n) is 3.20. The smallest absolute Gasteiger partial charge is 0.331 e. The summed E-state index contributed by atoms with van der Waals surface area (Å²) in [5.41, 5.74) is 1.01. The minimum atomic E-state index is -3.69. The lowest BCUT2D eigenvalue weighted by Crippen LogP contribution is -2.19. The highest BCUT2D eigenvalue weighted by atomic mass is 32.2. The van der Waals surface area contributed by atoms with Crippen LogP contribution in [0.3, 0.4) is 0 Å². The monoisotopic (exact) mass is 366 g/mol. The van der Waals surface area contributed by atoms with Gasteiger partial charge in [0.25, 0.3) is 0 Å². The first-order valence-electron chi connectivity index (χ1n) is 7.24. The number of esters is 1. The van der Waals surface area contributed by atoms with E-state index < -0.39 is 16.0 Å². The molecule has 0 aliphatic carbocycles. The number of ether oxygens (including phenoxy) is 2. The molecule has 1 N–H and O–H groups in total. The number of hydrogen-bond acceptors (Lipinski definition) is 7. The Kier molecular flexibility index (Phi) is 5.94. The van der Waals surface area contributed by atoms with Crippen molar-refractivity contribution in [2.45, 2.75) is 18.4 Å². The molecule has 8 nitrogen and oxygen atoms in total. The van der Waals surface area contributed by atoms with Crippen molar-refractivity contribution in [1.29, 1.82) is 0 Å². The zero-order valence-electron chi connectivity index (χ0n) is 14.0. The van der Waals surface area contributed by atoms with E-state index in [0.717, 1.165) is 0 Å². The van der Waals surface area contributed by atoms with Gasteiger partial charge in [0.1, 0.15) is 28.7 Å². The Morgan fingerprint density at radius 3 is 2.72 bits per heavy atom. The van der Waals surface area contributed by atoms with Gasteiger partial charge in [-0.1, -0.05) is 11.2 Å². The van der Waals surface area contributed by atoms with Crippen LogP contribution in [-0.4, -0.2) is 33.7 Å². The summed E-state index contributed by atoms with van der Waals surface area (Å²) in [6, 6.07) is 6.19. The number of methoxy groups -OCH3 is 1. The second-order valence-electron chi connectivity index (χ2n) is 4.99. The second kappa shape index (κ2) is 7.95. The van der Waals surface area contributed by atoms with Crippen molar-refractivity contribution in [3.8, 4) is 5.75 Å². The molecule has 134 valence electrons. The Bertz CT molecular complexity index is 886. The van der Waals surface area contributed by atoms with Crippen LogP contribution in [0, 0.1) is 6.92 Å². The van der Waals surface area contributed by atoms with Crippen LogP contribution in [0.1, 0.15) is 17.0 Å². The van der Waals surface area contributed by atoms with Crippen LogP contribution >= 0.6 is 0 Å². The predicted octanol–water partition coefficient (Wildman–Crippen LogP) is 1.66. The third kappa shape index (κ3) is 4.91. The Balaban J connectivity index is 2.09. The lowest BCUT2D eigenvalue weighted by molar-refractivity contribution is -0.139. The number of carbonyl (C=O) groups excluding carboxylic acids is 1. The Morgan fingerprint density at radius 2 is 2.12 bits per heavy atom. The van der Waals surface area contributed by atoms with Crippen LogP contribution in [0.15, 0.2) is 39.8 Å². The van der Waals surface area contributed by atoms with Gasteiger partial charge in [-0.15, -0.1) is 0 Å². The number of hydrogen-bond donors (Lipinski definition) is 1. The first-order valence-corrected chi connectivity index (χ1v) is 8.72. The highest BCUT2D eigenvalue weighted by molar-refractivity contribution is 7.89. The van der Waals surface area contributed by atoms with Crippen LogP contribution in [0.25, 0.3) is 6.08 Å². The van der Waals surface area contributed by atoms with Crippen LogP contribution in [0.4, 0.5) is 0 Å². The van der Waals surface area contributed by atoms with Gasteiger partial charge in [0.05, 0.1) is 7.11 Å². The van der Waals surface area contributed by atoms with Gasteiger partial charge in [-0.05, 0) is 37.7 Å². The molecule has 1 aromatic carbocycles. The number of rotatable bonds is 7. The minimum Gasteiger partial charge on any atom is -0.495 e. The van der Waals surface area contributed by atoms with Crippen molar-refractivity contribution in [2.24, 2.45) is 0 Å². The zero-order chi connectivity index (χ0) is 18.4. The molecule has 0 fully saturated rings. The number of sulfonamides is 1. The molecule has 0 unspecified atom stereocenters. The molecule has 1 aromatic heterocycles. The number of carbonyl (C=O) groups is 1. The summed E-state index contributed by atoms with van der Waals surface area (Å²) in [4.78, 5) is 11.7. The van der Waals surface area contributed by atoms with Gasteiger partial charge in [-0.3, -0.25) is 0 Å². The molecule has 0 aliphatic heterocycles. The van der Waals surface area contributed by atoms with Gasteiger partial charge >= 0.3 is 5.97 Å². The van der Waals surface area contributed by atoms with Crippen LogP contribution in [0.5, 0.6) is 5.75 Å². The van der Waals surface area contributed by atoms with E-state index in [9.17, 15) is 13.2 Å². The maximum absolute atomic E-state index is 12.0. The zero-order valence-corrected chi connectivity index (χ0v) is 14.8.